The molecule has 2 amide bonds. The van der Waals surface area contributed by atoms with E-state index in [4.69, 9.17) is 14.2 Å². The lowest BCUT2D eigenvalue weighted by Gasteiger charge is -2.31. The van der Waals surface area contributed by atoms with Crippen LogP contribution in [0.1, 0.15) is 21.6 Å². The van der Waals surface area contributed by atoms with E-state index in [1.54, 1.807) is 16.2 Å². The van der Waals surface area contributed by atoms with Crippen molar-refractivity contribution in [1.82, 2.24) is 14.7 Å². The summed E-state index contributed by atoms with van der Waals surface area (Å²) >= 11 is 1.64. The van der Waals surface area contributed by atoms with Crippen molar-refractivity contribution in [3.05, 3.63) is 81.5 Å². The van der Waals surface area contributed by atoms with Gasteiger partial charge < -0.3 is 24.0 Å². The zero-order valence-corrected chi connectivity index (χ0v) is 23.2. The summed E-state index contributed by atoms with van der Waals surface area (Å²) in [6.07, 6.45) is 0.267. The number of morpholine rings is 1. The minimum absolute atomic E-state index is 0.0327. The summed E-state index contributed by atoms with van der Waals surface area (Å²) in [4.78, 5) is 34.4. The maximum absolute atomic E-state index is 13.9. The van der Waals surface area contributed by atoms with Crippen molar-refractivity contribution in [2.45, 2.75) is 26.4 Å². The molecule has 5 rings (SSSR count). The molecule has 3 heterocycles. The highest BCUT2D eigenvalue weighted by atomic mass is 32.1. The molecule has 39 heavy (non-hydrogen) atoms. The molecule has 3 aromatic rings. The van der Waals surface area contributed by atoms with Gasteiger partial charge in [0.05, 0.1) is 32.7 Å². The number of nitrogens with zero attached hydrogens (tertiary/aromatic N) is 3. The third kappa shape index (κ3) is 7.38. The lowest BCUT2D eigenvalue weighted by Crippen LogP contribution is -2.47. The van der Waals surface area contributed by atoms with E-state index in [0.717, 1.165) is 34.7 Å². The normalized spacial score (nSPS) is 14.8. The summed E-state index contributed by atoms with van der Waals surface area (Å²) in [5, 5.41) is 2.05. The fourth-order valence-electron chi connectivity index (χ4n) is 4.76. The SMILES string of the molecule is Cc1ccsc1CN(Cc1ccc2c(c1)OCO2)C(=O)CN(CCN1CCOCC1)C(=O)Cc1ccccc1. The lowest BCUT2D eigenvalue weighted by molar-refractivity contribution is -0.141. The van der Waals surface area contributed by atoms with Crippen LogP contribution < -0.4 is 9.47 Å². The molecule has 8 nitrogen and oxygen atoms in total. The summed E-state index contributed by atoms with van der Waals surface area (Å²) in [5.74, 6) is 1.28. The quantitative estimate of drug-likeness (QED) is 0.363. The molecule has 1 saturated heterocycles. The summed E-state index contributed by atoms with van der Waals surface area (Å²) in [6.45, 7) is 7.47. The first kappa shape index (κ1) is 27.2. The first-order valence-electron chi connectivity index (χ1n) is 13.4. The number of aryl methyl sites for hydroxylation is 1. The molecule has 0 unspecified atom stereocenters. The summed E-state index contributed by atoms with van der Waals surface area (Å²) in [7, 11) is 0. The molecule has 206 valence electrons. The van der Waals surface area contributed by atoms with Crippen LogP contribution in [0.4, 0.5) is 0 Å². The topological polar surface area (TPSA) is 71.6 Å². The fraction of sp³-hybridized carbons (Fsp3) is 0.400. The molecule has 2 aliphatic heterocycles. The van der Waals surface area contributed by atoms with Crippen LogP contribution in [0.5, 0.6) is 11.5 Å². The Morgan fingerprint density at radius 1 is 0.897 bits per heavy atom. The van der Waals surface area contributed by atoms with E-state index in [9.17, 15) is 9.59 Å². The van der Waals surface area contributed by atoms with Crippen LogP contribution in [0.2, 0.25) is 0 Å². The number of thiophene rings is 1. The average Bonchev–Trinajstić information content (AvgIpc) is 3.59. The van der Waals surface area contributed by atoms with Gasteiger partial charge in [-0.25, -0.2) is 0 Å². The molecule has 0 N–H and O–H groups in total. The number of hydrogen-bond donors (Lipinski definition) is 0. The first-order chi connectivity index (χ1) is 19.0. The van der Waals surface area contributed by atoms with Gasteiger partial charge >= 0.3 is 0 Å². The van der Waals surface area contributed by atoms with Crippen molar-refractivity contribution in [1.29, 1.82) is 0 Å². The van der Waals surface area contributed by atoms with Crippen LogP contribution in [0.3, 0.4) is 0 Å². The van der Waals surface area contributed by atoms with E-state index in [0.29, 0.717) is 50.9 Å². The summed E-state index contributed by atoms with van der Waals surface area (Å²) in [6, 6.07) is 17.6. The Labute approximate surface area is 233 Å². The van der Waals surface area contributed by atoms with E-state index >= 15 is 0 Å². The van der Waals surface area contributed by atoms with Gasteiger partial charge in [-0.2, -0.15) is 0 Å². The second-order valence-corrected chi connectivity index (χ2v) is 10.9. The number of carbonyl (C=O) groups is 2. The minimum Gasteiger partial charge on any atom is -0.454 e. The molecule has 2 aromatic carbocycles. The fourth-order valence-corrected chi connectivity index (χ4v) is 5.68. The van der Waals surface area contributed by atoms with Crippen molar-refractivity contribution in [2.75, 3.05) is 52.7 Å². The zero-order valence-electron chi connectivity index (χ0n) is 22.3. The Balaban J connectivity index is 1.33. The highest BCUT2D eigenvalue weighted by Gasteiger charge is 2.24. The second kappa shape index (κ2) is 13.1. The lowest BCUT2D eigenvalue weighted by atomic mass is 10.1. The standard InChI is InChI=1S/C30H35N3O5S/c1-23-9-16-39-28(23)20-33(19-25-7-8-26-27(17-25)38-22-37-26)30(35)21-32(11-10-31-12-14-36-15-13-31)29(34)18-24-5-3-2-4-6-24/h2-9,16-17H,10-15,18-22H2,1H3. The van der Waals surface area contributed by atoms with Gasteiger partial charge in [-0.15, -0.1) is 11.3 Å². The van der Waals surface area contributed by atoms with Crippen LogP contribution in [-0.2, 0) is 33.8 Å². The van der Waals surface area contributed by atoms with Crippen molar-refractivity contribution in [3.63, 3.8) is 0 Å². The highest BCUT2D eigenvalue weighted by Crippen LogP contribution is 2.33. The van der Waals surface area contributed by atoms with Crippen molar-refractivity contribution >= 4 is 23.2 Å². The van der Waals surface area contributed by atoms with E-state index in [-0.39, 0.29) is 31.6 Å². The van der Waals surface area contributed by atoms with Gasteiger partial charge in [0.25, 0.3) is 0 Å². The zero-order chi connectivity index (χ0) is 27.0. The maximum atomic E-state index is 13.9. The molecule has 0 radical (unpaired) electrons. The Morgan fingerprint density at radius 3 is 2.46 bits per heavy atom. The third-order valence-corrected chi connectivity index (χ3v) is 8.14. The molecular formula is C30H35N3O5S. The molecule has 0 aliphatic carbocycles. The second-order valence-electron chi connectivity index (χ2n) is 9.90. The Hall–Kier alpha value is -3.40. The van der Waals surface area contributed by atoms with Crippen molar-refractivity contribution in [2.24, 2.45) is 0 Å². The molecule has 0 atom stereocenters. The van der Waals surface area contributed by atoms with Gasteiger partial charge in [-0.05, 0) is 47.2 Å². The molecular weight excluding hydrogens is 514 g/mol. The maximum Gasteiger partial charge on any atom is 0.242 e. The molecule has 9 heteroatoms. The van der Waals surface area contributed by atoms with Crippen LogP contribution in [0.25, 0.3) is 0 Å². The monoisotopic (exact) mass is 549 g/mol. The number of hydrogen-bond acceptors (Lipinski definition) is 7. The van der Waals surface area contributed by atoms with Crippen molar-refractivity contribution < 1.29 is 23.8 Å². The molecule has 0 saturated carbocycles. The molecule has 2 aliphatic rings. The molecule has 1 aromatic heterocycles. The smallest absolute Gasteiger partial charge is 0.242 e. The first-order valence-corrected chi connectivity index (χ1v) is 14.2. The average molecular weight is 550 g/mol. The minimum atomic E-state index is -0.0798. The number of amides is 2. The summed E-state index contributed by atoms with van der Waals surface area (Å²) in [5.41, 5.74) is 3.06. The summed E-state index contributed by atoms with van der Waals surface area (Å²) < 4.78 is 16.5. The van der Waals surface area contributed by atoms with Crippen LogP contribution in [-0.4, -0.2) is 79.2 Å². The van der Waals surface area contributed by atoms with Gasteiger partial charge in [0, 0.05) is 37.6 Å². The van der Waals surface area contributed by atoms with E-state index < -0.39 is 0 Å². The number of benzene rings is 2. The van der Waals surface area contributed by atoms with Crippen molar-refractivity contribution in [3.8, 4) is 11.5 Å². The highest BCUT2D eigenvalue weighted by molar-refractivity contribution is 7.10. The Morgan fingerprint density at radius 2 is 1.69 bits per heavy atom. The third-order valence-electron chi connectivity index (χ3n) is 7.13. The number of fused-ring (bicyclic) bond motifs is 1. The number of carbonyl (C=O) groups excluding carboxylic acids is 2. The predicted molar refractivity (Wildman–Crippen MR) is 150 cm³/mol. The molecule has 1 fully saturated rings. The van der Waals surface area contributed by atoms with Crippen LogP contribution >= 0.6 is 11.3 Å². The van der Waals surface area contributed by atoms with Gasteiger partial charge in [0.2, 0.25) is 18.6 Å². The predicted octanol–water partition coefficient (Wildman–Crippen LogP) is 3.72. The largest absolute Gasteiger partial charge is 0.454 e. The Bertz CT molecular complexity index is 1260. The Kier molecular flexibility index (Phi) is 9.13. The van der Waals surface area contributed by atoms with Gasteiger partial charge in [0.15, 0.2) is 11.5 Å². The van der Waals surface area contributed by atoms with Gasteiger partial charge in [0.1, 0.15) is 0 Å². The molecule has 0 bridgehead atoms. The van der Waals surface area contributed by atoms with E-state index in [1.807, 2.05) is 58.8 Å². The van der Waals surface area contributed by atoms with Gasteiger partial charge in [-0.3, -0.25) is 14.5 Å². The van der Waals surface area contributed by atoms with E-state index in [2.05, 4.69) is 17.9 Å². The van der Waals surface area contributed by atoms with Crippen LogP contribution in [0, 0.1) is 6.92 Å². The molecule has 0 spiro atoms. The number of rotatable bonds is 11. The van der Waals surface area contributed by atoms with Gasteiger partial charge in [-0.1, -0.05) is 36.4 Å². The number of ether oxygens (including phenoxy) is 3. The van der Waals surface area contributed by atoms with Crippen LogP contribution in [0.15, 0.2) is 60.0 Å². The van der Waals surface area contributed by atoms with E-state index in [1.165, 1.54) is 0 Å².